The van der Waals surface area contributed by atoms with Gasteiger partial charge in [0, 0.05) is 5.02 Å². The van der Waals surface area contributed by atoms with E-state index in [9.17, 15) is 13.6 Å². The predicted molar refractivity (Wildman–Crippen MR) is 64.7 cm³/mol. The molecule has 100 valence electrons. The van der Waals surface area contributed by atoms with Gasteiger partial charge in [-0.1, -0.05) is 17.7 Å². The van der Waals surface area contributed by atoms with Crippen LogP contribution in [0.4, 0.5) is 8.78 Å². The molecule has 0 heterocycles. The topological polar surface area (TPSA) is 52.3 Å². The van der Waals surface area contributed by atoms with Crippen LogP contribution in [0.3, 0.4) is 0 Å². The summed E-state index contributed by atoms with van der Waals surface area (Å²) in [5.74, 6) is -5.39. The highest BCUT2D eigenvalue weighted by Crippen LogP contribution is 2.33. The minimum atomic E-state index is -3.77. The Hall–Kier alpha value is -1.20. The molecule has 0 aliphatic heterocycles. The van der Waals surface area contributed by atoms with Gasteiger partial charge in [-0.2, -0.15) is 8.78 Å². The lowest BCUT2D eigenvalue weighted by atomic mass is 9.97. The first-order valence-corrected chi connectivity index (χ1v) is 5.75. The lowest BCUT2D eigenvalue weighted by Crippen LogP contribution is -2.42. The Morgan fingerprint density at radius 2 is 2.17 bits per heavy atom. The molecule has 0 aliphatic carbocycles. The van der Waals surface area contributed by atoms with Crippen LogP contribution in [-0.4, -0.2) is 18.5 Å². The van der Waals surface area contributed by atoms with Gasteiger partial charge in [0.15, 0.2) is 0 Å². The van der Waals surface area contributed by atoms with Crippen LogP contribution in [0.15, 0.2) is 18.2 Å². The number of halogens is 3. The number of hydrogen-bond donors (Lipinski definition) is 1. The number of carbonyl (C=O) groups excluding carboxylic acids is 1. The van der Waals surface area contributed by atoms with Crippen LogP contribution in [0.25, 0.3) is 0 Å². The smallest absolute Gasteiger partial charge is 0.379 e. The average molecular weight is 278 g/mol. The third kappa shape index (κ3) is 2.97. The second-order valence-electron chi connectivity index (χ2n) is 3.82. The number of nitrogens with two attached hydrogens (primary N) is 1. The number of hydrogen-bond acceptors (Lipinski definition) is 3. The third-order valence-corrected chi connectivity index (χ3v) is 2.74. The quantitative estimate of drug-likeness (QED) is 0.861. The Balaban J connectivity index is 3.05. The molecule has 1 aromatic carbocycles. The number of benzene rings is 1. The van der Waals surface area contributed by atoms with Crippen LogP contribution in [0, 0.1) is 6.92 Å². The molecule has 6 heteroatoms. The van der Waals surface area contributed by atoms with Crippen molar-refractivity contribution in [2.75, 3.05) is 6.61 Å². The van der Waals surface area contributed by atoms with E-state index < -0.39 is 17.9 Å². The lowest BCUT2D eigenvalue weighted by Gasteiger charge is -2.23. The summed E-state index contributed by atoms with van der Waals surface area (Å²) < 4.78 is 31.8. The molecule has 0 saturated carbocycles. The lowest BCUT2D eigenvalue weighted by molar-refractivity contribution is -0.174. The molecule has 3 nitrogen and oxygen atoms in total. The molecule has 0 amide bonds. The summed E-state index contributed by atoms with van der Waals surface area (Å²) in [6, 6.07) is 2.59. The molecule has 0 radical (unpaired) electrons. The summed E-state index contributed by atoms with van der Waals surface area (Å²) in [6.45, 7) is 2.93. The van der Waals surface area contributed by atoms with Crippen molar-refractivity contribution in [3.63, 3.8) is 0 Å². The Kier molecular flexibility index (Phi) is 4.65. The summed E-state index contributed by atoms with van der Waals surface area (Å²) in [6.07, 6.45) is 0. The van der Waals surface area contributed by atoms with Crippen LogP contribution >= 0.6 is 11.6 Å². The molecule has 2 N–H and O–H groups in total. The zero-order chi connectivity index (χ0) is 13.9. The maximum atomic E-state index is 13.7. The molecule has 0 saturated heterocycles. The van der Waals surface area contributed by atoms with E-state index >= 15 is 0 Å². The Morgan fingerprint density at radius 1 is 1.56 bits per heavy atom. The van der Waals surface area contributed by atoms with Crippen LogP contribution in [0.1, 0.15) is 24.1 Å². The molecule has 0 aliphatic rings. The SMILES string of the molecule is CCOC(=O)C(F)(F)[C@@H](N)c1ccc(Cl)cc1C. The largest absolute Gasteiger partial charge is 0.462 e. The fraction of sp³-hybridized carbons (Fsp3) is 0.417. The third-order valence-electron chi connectivity index (χ3n) is 2.51. The fourth-order valence-electron chi connectivity index (χ4n) is 1.54. The van der Waals surface area contributed by atoms with Gasteiger partial charge >= 0.3 is 11.9 Å². The number of carbonyl (C=O) groups is 1. The second kappa shape index (κ2) is 5.63. The standard InChI is InChI=1S/C12H14ClF2NO2/c1-3-18-11(17)12(14,15)10(16)9-5-4-8(13)6-7(9)2/h4-6,10H,3,16H2,1-2H3/t10-/m0/s1. The number of ether oxygens (including phenoxy) is 1. The maximum Gasteiger partial charge on any atom is 0.379 e. The summed E-state index contributed by atoms with van der Waals surface area (Å²) >= 11 is 5.73. The van der Waals surface area contributed by atoms with Crippen molar-refractivity contribution < 1.29 is 18.3 Å². The molecular formula is C12H14ClF2NO2. The first-order chi connectivity index (χ1) is 8.30. The van der Waals surface area contributed by atoms with Crippen molar-refractivity contribution in [3.8, 4) is 0 Å². The van der Waals surface area contributed by atoms with E-state index in [1.807, 2.05) is 0 Å². The molecule has 18 heavy (non-hydrogen) atoms. The van der Waals surface area contributed by atoms with Crippen molar-refractivity contribution in [1.29, 1.82) is 0 Å². The van der Waals surface area contributed by atoms with E-state index in [2.05, 4.69) is 4.74 Å². The maximum absolute atomic E-state index is 13.7. The van der Waals surface area contributed by atoms with E-state index in [-0.39, 0.29) is 12.2 Å². The van der Waals surface area contributed by atoms with Gasteiger partial charge < -0.3 is 10.5 Å². The molecule has 1 aromatic rings. The van der Waals surface area contributed by atoms with Gasteiger partial charge in [-0.3, -0.25) is 0 Å². The van der Waals surface area contributed by atoms with Crippen LogP contribution in [0.5, 0.6) is 0 Å². The van der Waals surface area contributed by atoms with Gasteiger partial charge in [0.25, 0.3) is 0 Å². The molecule has 0 fully saturated rings. The summed E-state index contributed by atoms with van der Waals surface area (Å²) in [4.78, 5) is 11.2. The van der Waals surface area contributed by atoms with E-state index in [1.165, 1.54) is 25.1 Å². The molecule has 0 bridgehead atoms. The Bertz CT molecular complexity index is 452. The fourth-order valence-corrected chi connectivity index (χ4v) is 1.76. The van der Waals surface area contributed by atoms with Gasteiger partial charge in [-0.25, -0.2) is 4.79 Å². The van der Waals surface area contributed by atoms with E-state index in [1.54, 1.807) is 6.92 Å². The van der Waals surface area contributed by atoms with Crippen molar-refractivity contribution >= 4 is 17.6 Å². The van der Waals surface area contributed by atoms with Crippen molar-refractivity contribution in [3.05, 3.63) is 34.3 Å². The van der Waals surface area contributed by atoms with Crippen LogP contribution in [-0.2, 0) is 9.53 Å². The van der Waals surface area contributed by atoms with Gasteiger partial charge in [0.2, 0.25) is 0 Å². The molecule has 0 unspecified atom stereocenters. The van der Waals surface area contributed by atoms with Crippen molar-refractivity contribution in [2.24, 2.45) is 5.73 Å². The van der Waals surface area contributed by atoms with Crippen LogP contribution in [0.2, 0.25) is 5.02 Å². The average Bonchev–Trinajstić information content (AvgIpc) is 2.28. The number of alkyl halides is 2. The monoisotopic (exact) mass is 277 g/mol. The number of esters is 1. The van der Waals surface area contributed by atoms with Crippen molar-refractivity contribution in [1.82, 2.24) is 0 Å². The zero-order valence-electron chi connectivity index (χ0n) is 10.0. The highest BCUT2D eigenvalue weighted by atomic mass is 35.5. The van der Waals surface area contributed by atoms with Crippen molar-refractivity contribution in [2.45, 2.75) is 25.8 Å². The van der Waals surface area contributed by atoms with Gasteiger partial charge in [-0.15, -0.1) is 0 Å². The van der Waals surface area contributed by atoms with E-state index in [4.69, 9.17) is 17.3 Å². The predicted octanol–water partition coefficient (Wildman–Crippen LogP) is 2.85. The van der Waals surface area contributed by atoms with E-state index in [0.29, 0.717) is 10.6 Å². The number of rotatable bonds is 4. The minimum absolute atomic E-state index is 0.124. The normalized spacial score (nSPS) is 13.2. The van der Waals surface area contributed by atoms with Gasteiger partial charge in [0.05, 0.1) is 6.61 Å². The van der Waals surface area contributed by atoms with E-state index in [0.717, 1.165) is 0 Å². The second-order valence-corrected chi connectivity index (χ2v) is 4.26. The summed E-state index contributed by atoms with van der Waals surface area (Å²) in [5, 5.41) is 0.419. The highest BCUT2D eigenvalue weighted by Gasteiger charge is 2.48. The number of aryl methyl sites for hydroxylation is 1. The highest BCUT2D eigenvalue weighted by molar-refractivity contribution is 6.30. The minimum Gasteiger partial charge on any atom is -0.462 e. The zero-order valence-corrected chi connectivity index (χ0v) is 10.8. The summed E-state index contributed by atoms with van der Waals surface area (Å²) in [7, 11) is 0. The molecule has 1 atom stereocenters. The first-order valence-electron chi connectivity index (χ1n) is 5.37. The Morgan fingerprint density at radius 3 is 2.67 bits per heavy atom. The first kappa shape index (κ1) is 14.9. The Labute approximate surface area is 109 Å². The summed E-state index contributed by atoms with van der Waals surface area (Å²) in [5.41, 5.74) is 6.12. The van der Waals surface area contributed by atoms with Gasteiger partial charge in [-0.05, 0) is 37.1 Å². The molecule has 0 aromatic heterocycles. The molecule has 0 spiro atoms. The molecule has 1 rings (SSSR count). The molecular weight excluding hydrogens is 264 g/mol. The van der Waals surface area contributed by atoms with Gasteiger partial charge in [0.1, 0.15) is 6.04 Å². The van der Waals surface area contributed by atoms with Crippen LogP contribution < -0.4 is 5.73 Å².